The van der Waals surface area contributed by atoms with Gasteiger partial charge < -0.3 is 32.5 Å². The van der Waals surface area contributed by atoms with Crippen LogP contribution in [0.15, 0.2) is 30.3 Å². The normalized spacial score (nSPS) is 14.9. The zero-order chi connectivity index (χ0) is 28.0. The maximum absolute atomic E-state index is 13.4. The molecule has 0 spiro atoms. The standard InChI is InChI=1S/C25H39N5O6S/c1-4-15(2)21(24(34)28-18(25(35)36)10-11-20(27)31)30-23(33)19(14-16-8-6-5-7-9-16)29-22(32)17(26)12-13-37-3/h5-9,15,17-19,21H,4,10-14,26H2,1-3H3,(H2,27,31)(H,28,34)(H,29,32)(H,30,33)(H,35,36). The summed E-state index contributed by atoms with van der Waals surface area (Å²) >= 11 is 1.55. The van der Waals surface area contributed by atoms with Crippen LogP contribution in [0.2, 0.25) is 0 Å². The van der Waals surface area contributed by atoms with Crippen molar-refractivity contribution in [2.75, 3.05) is 12.0 Å². The minimum atomic E-state index is -1.35. The summed E-state index contributed by atoms with van der Waals surface area (Å²) < 4.78 is 0. The minimum Gasteiger partial charge on any atom is -0.480 e. The molecule has 0 saturated carbocycles. The van der Waals surface area contributed by atoms with Crippen LogP contribution in [0.4, 0.5) is 0 Å². The molecule has 37 heavy (non-hydrogen) atoms. The number of nitrogens with two attached hydrogens (primary N) is 2. The Morgan fingerprint density at radius 1 is 0.946 bits per heavy atom. The van der Waals surface area contributed by atoms with Gasteiger partial charge in [0.05, 0.1) is 6.04 Å². The molecule has 5 unspecified atom stereocenters. The highest BCUT2D eigenvalue weighted by molar-refractivity contribution is 7.98. The van der Waals surface area contributed by atoms with E-state index in [4.69, 9.17) is 11.5 Å². The molecule has 12 heteroatoms. The molecule has 1 rings (SSSR count). The van der Waals surface area contributed by atoms with Gasteiger partial charge in [0.15, 0.2) is 0 Å². The van der Waals surface area contributed by atoms with E-state index in [2.05, 4.69) is 16.0 Å². The maximum atomic E-state index is 13.4. The van der Waals surface area contributed by atoms with E-state index in [-0.39, 0.29) is 25.2 Å². The Labute approximate surface area is 221 Å². The Hall–Kier alpha value is -3.12. The van der Waals surface area contributed by atoms with E-state index in [1.165, 1.54) is 0 Å². The third-order valence-corrected chi connectivity index (χ3v) is 6.62. The number of carboxylic acid groups (broad SMARTS) is 1. The number of amides is 4. The summed E-state index contributed by atoms with van der Waals surface area (Å²) in [7, 11) is 0. The van der Waals surface area contributed by atoms with Crippen LogP contribution in [-0.4, -0.2) is 70.9 Å². The molecule has 0 radical (unpaired) electrons. The first kappa shape index (κ1) is 31.9. The fourth-order valence-corrected chi connectivity index (χ4v) is 3.96. The highest BCUT2D eigenvalue weighted by atomic mass is 32.2. The third-order valence-electron chi connectivity index (χ3n) is 5.97. The SMILES string of the molecule is CCC(C)C(NC(=O)C(Cc1ccccc1)NC(=O)C(N)CCSC)C(=O)NC(CCC(N)=O)C(=O)O. The first-order chi connectivity index (χ1) is 17.5. The number of thioether (sulfide) groups is 1. The Bertz CT molecular complexity index is 916. The van der Waals surface area contributed by atoms with Gasteiger partial charge in [0.25, 0.3) is 0 Å². The second-order valence-electron chi connectivity index (χ2n) is 8.92. The van der Waals surface area contributed by atoms with Gasteiger partial charge in [0.2, 0.25) is 23.6 Å². The summed E-state index contributed by atoms with van der Waals surface area (Å²) in [6.45, 7) is 3.57. The number of carboxylic acids is 1. The molecule has 8 N–H and O–H groups in total. The van der Waals surface area contributed by atoms with Gasteiger partial charge in [-0.1, -0.05) is 50.6 Å². The van der Waals surface area contributed by atoms with Gasteiger partial charge >= 0.3 is 5.97 Å². The summed E-state index contributed by atoms with van der Waals surface area (Å²) in [6, 6.07) is 4.84. The number of hydrogen-bond acceptors (Lipinski definition) is 7. The van der Waals surface area contributed by atoms with E-state index in [1.807, 2.05) is 43.5 Å². The molecule has 4 amide bonds. The average Bonchev–Trinajstić information content (AvgIpc) is 2.87. The lowest BCUT2D eigenvalue weighted by molar-refractivity contribution is -0.143. The predicted octanol–water partition coefficient (Wildman–Crippen LogP) is 0.160. The van der Waals surface area contributed by atoms with Gasteiger partial charge in [-0.05, 0) is 36.3 Å². The number of carbonyl (C=O) groups is 5. The summed E-state index contributed by atoms with van der Waals surface area (Å²) in [6.07, 6.45) is 2.61. The van der Waals surface area contributed by atoms with Gasteiger partial charge in [-0.25, -0.2) is 4.79 Å². The molecular weight excluding hydrogens is 498 g/mol. The third kappa shape index (κ3) is 11.6. The van der Waals surface area contributed by atoms with Crippen LogP contribution in [-0.2, 0) is 30.4 Å². The molecule has 0 aliphatic carbocycles. The molecule has 0 aliphatic rings. The Morgan fingerprint density at radius 2 is 1.57 bits per heavy atom. The highest BCUT2D eigenvalue weighted by Crippen LogP contribution is 2.11. The van der Waals surface area contributed by atoms with Crippen LogP contribution in [0.3, 0.4) is 0 Å². The number of hydrogen-bond donors (Lipinski definition) is 6. The lowest BCUT2D eigenvalue weighted by Gasteiger charge is -2.28. The monoisotopic (exact) mass is 537 g/mol. The zero-order valence-electron chi connectivity index (χ0n) is 21.6. The van der Waals surface area contributed by atoms with Crippen LogP contribution >= 0.6 is 11.8 Å². The number of benzene rings is 1. The smallest absolute Gasteiger partial charge is 0.326 e. The number of carbonyl (C=O) groups excluding carboxylic acids is 4. The molecular formula is C25H39N5O6S. The Morgan fingerprint density at radius 3 is 2.11 bits per heavy atom. The molecule has 0 saturated heterocycles. The second-order valence-corrected chi connectivity index (χ2v) is 9.90. The molecule has 0 aliphatic heterocycles. The summed E-state index contributed by atoms with van der Waals surface area (Å²) in [4.78, 5) is 61.8. The number of primary amides is 1. The Balaban J connectivity index is 3.09. The quantitative estimate of drug-likeness (QED) is 0.162. The van der Waals surface area contributed by atoms with Crippen molar-refractivity contribution in [1.82, 2.24) is 16.0 Å². The van der Waals surface area contributed by atoms with Crippen LogP contribution in [0.25, 0.3) is 0 Å². The zero-order valence-corrected chi connectivity index (χ0v) is 22.4. The molecule has 1 aromatic rings. The van der Waals surface area contributed by atoms with Gasteiger partial charge in [-0.3, -0.25) is 19.2 Å². The van der Waals surface area contributed by atoms with Gasteiger partial charge in [-0.2, -0.15) is 11.8 Å². The maximum Gasteiger partial charge on any atom is 0.326 e. The number of nitrogens with one attached hydrogen (secondary N) is 3. The second kappa shape index (κ2) is 16.6. The lowest BCUT2D eigenvalue weighted by Crippen LogP contribution is -2.59. The number of rotatable bonds is 17. The van der Waals surface area contributed by atoms with Crippen molar-refractivity contribution in [3.63, 3.8) is 0 Å². The molecule has 5 atom stereocenters. The summed E-state index contributed by atoms with van der Waals surface area (Å²) in [5.41, 5.74) is 11.9. The summed E-state index contributed by atoms with van der Waals surface area (Å²) in [5.74, 6) is -3.47. The fraction of sp³-hybridized carbons (Fsp3) is 0.560. The summed E-state index contributed by atoms with van der Waals surface area (Å²) in [5, 5.41) is 17.2. The van der Waals surface area contributed by atoms with Crippen molar-refractivity contribution in [2.24, 2.45) is 17.4 Å². The van der Waals surface area contributed by atoms with Crippen molar-refractivity contribution in [3.05, 3.63) is 35.9 Å². The molecule has 11 nitrogen and oxygen atoms in total. The average molecular weight is 538 g/mol. The van der Waals surface area contributed by atoms with E-state index < -0.39 is 53.8 Å². The van der Waals surface area contributed by atoms with Crippen LogP contribution < -0.4 is 27.4 Å². The van der Waals surface area contributed by atoms with Crippen molar-refractivity contribution in [2.45, 2.75) is 70.1 Å². The topological polar surface area (TPSA) is 194 Å². The van der Waals surface area contributed by atoms with E-state index in [9.17, 15) is 29.1 Å². The Kier molecular flexibility index (Phi) is 14.3. The van der Waals surface area contributed by atoms with Crippen LogP contribution in [0.1, 0.15) is 45.1 Å². The van der Waals surface area contributed by atoms with Crippen LogP contribution in [0.5, 0.6) is 0 Å². The number of aliphatic carboxylic acids is 1. The predicted molar refractivity (Wildman–Crippen MR) is 142 cm³/mol. The van der Waals surface area contributed by atoms with Crippen molar-refractivity contribution >= 4 is 41.4 Å². The molecule has 1 aromatic carbocycles. The fourth-order valence-electron chi connectivity index (χ4n) is 3.47. The molecule has 0 heterocycles. The van der Waals surface area contributed by atoms with Crippen molar-refractivity contribution in [1.29, 1.82) is 0 Å². The molecule has 0 fully saturated rings. The molecule has 0 bridgehead atoms. The highest BCUT2D eigenvalue weighted by Gasteiger charge is 2.33. The van der Waals surface area contributed by atoms with Gasteiger partial charge in [0, 0.05) is 12.8 Å². The van der Waals surface area contributed by atoms with Crippen molar-refractivity contribution < 1.29 is 29.1 Å². The van der Waals surface area contributed by atoms with E-state index in [1.54, 1.807) is 18.7 Å². The van der Waals surface area contributed by atoms with Crippen LogP contribution in [0, 0.1) is 5.92 Å². The van der Waals surface area contributed by atoms with E-state index in [0.29, 0.717) is 18.6 Å². The largest absolute Gasteiger partial charge is 0.480 e. The first-order valence-electron chi connectivity index (χ1n) is 12.2. The minimum absolute atomic E-state index is 0.166. The lowest BCUT2D eigenvalue weighted by atomic mass is 9.96. The molecule has 206 valence electrons. The van der Waals surface area contributed by atoms with E-state index in [0.717, 1.165) is 5.56 Å². The van der Waals surface area contributed by atoms with Gasteiger partial charge in [-0.15, -0.1) is 0 Å². The first-order valence-corrected chi connectivity index (χ1v) is 13.6. The van der Waals surface area contributed by atoms with Gasteiger partial charge in [0.1, 0.15) is 18.1 Å². The van der Waals surface area contributed by atoms with E-state index >= 15 is 0 Å². The van der Waals surface area contributed by atoms with Crippen molar-refractivity contribution in [3.8, 4) is 0 Å². The molecule has 0 aromatic heterocycles.